The van der Waals surface area contributed by atoms with E-state index in [1.54, 1.807) is 0 Å². The normalized spacial score (nSPS) is 9.00. The van der Waals surface area contributed by atoms with Crippen LogP contribution >= 0.6 is 0 Å². The van der Waals surface area contributed by atoms with Crippen molar-refractivity contribution in [2.45, 2.75) is 0 Å². The van der Waals surface area contributed by atoms with Crippen molar-refractivity contribution in [3.63, 3.8) is 0 Å². The second kappa shape index (κ2) is 1.61. The van der Waals surface area contributed by atoms with Crippen LogP contribution in [0.3, 0.4) is 0 Å². The molecule has 42 valence electrons. The monoisotopic (exact) mass is 113 g/mol. The first-order chi connectivity index (χ1) is 3.84. The standard InChI is InChI=1S/C3H4N4O/c4-3-2(7-8)1-5-6-3/h1H,(H3,4,5,6)/p+1. The number of nitrogens with one attached hydrogen (secondary N) is 2. The summed E-state index contributed by atoms with van der Waals surface area (Å²) in [5, 5.41) is 7.58. The Labute approximate surface area is 44.9 Å². The third-order valence-electron chi connectivity index (χ3n) is 0.790. The van der Waals surface area contributed by atoms with Gasteiger partial charge in [-0.1, -0.05) is 0 Å². The lowest BCUT2D eigenvalue weighted by molar-refractivity contribution is -0.447. The minimum Gasteiger partial charge on any atom is -0.379 e. The number of rotatable bonds is 1. The predicted molar refractivity (Wildman–Crippen MR) is 27.2 cm³/mol. The fraction of sp³-hybridized carbons (Fsp3) is 0. The molecule has 5 heteroatoms. The van der Waals surface area contributed by atoms with Gasteiger partial charge in [-0.3, -0.25) is 0 Å². The van der Waals surface area contributed by atoms with Crippen LogP contribution in [-0.2, 0) is 0 Å². The molecule has 0 fully saturated rings. The van der Waals surface area contributed by atoms with E-state index in [2.05, 4.69) is 15.4 Å². The van der Waals surface area contributed by atoms with E-state index in [9.17, 15) is 4.91 Å². The van der Waals surface area contributed by atoms with Crippen molar-refractivity contribution >= 4 is 11.5 Å². The van der Waals surface area contributed by atoms with Gasteiger partial charge in [0.1, 0.15) is 0 Å². The lowest BCUT2D eigenvalue weighted by Crippen LogP contribution is -1.99. The first-order valence-corrected chi connectivity index (χ1v) is 2.02. The van der Waals surface area contributed by atoms with Gasteiger partial charge in [0.15, 0.2) is 5.82 Å². The van der Waals surface area contributed by atoms with E-state index < -0.39 is 0 Å². The van der Waals surface area contributed by atoms with Crippen molar-refractivity contribution in [3.05, 3.63) is 11.1 Å². The molecule has 0 saturated carbocycles. The highest BCUT2D eigenvalue weighted by atomic mass is 16.3. The molecule has 8 heavy (non-hydrogen) atoms. The van der Waals surface area contributed by atoms with Crippen LogP contribution < -0.4 is 10.8 Å². The zero-order valence-electron chi connectivity index (χ0n) is 4.01. The summed E-state index contributed by atoms with van der Waals surface area (Å²) in [4.78, 5) is 9.72. The molecule has 0 aliphatic carbocycles. The average molecular weight is 113 g/mol. The highest BCUT2D eigenvalue weighted by Crippen LogP contribution is 2.13. The third-order valence-corrected chi connectivity index (χ3v) is 0.790. The fourth-order valence-corrected chi connectivity index (χ4v) is 0.400. The summed E-state index contributed by atoms with van der Waals surface area (Å²) in [6.45, 7) is 0. The Bertz CT molecular complexity index is 193. The van der Waals surface area contributed by atoms with E-state index in [-0.39, 0.29) is 11.5 Å². The van der Waals surface area contributed by atoms with Crippen LogP contribution in [0.5, 0.6) is 0 Å². The molecule has 0 unspecified atom stereocenters. The molecule has 1 heterocycles. The summed E-state index contributed by atoms with van der Waals surface area (Å²) >= 11 is 0. The zero-order valence-corrected chi connectivity index (χ0v) is 4.01. The Morgan fingerprint density at radius 2 is 2.62 bits per heavy atom. The van der Waals surface area contributed by atoms with Gasteiger partial charge in [-0.2, -0.15) is 0 Å². The molecule has 0 spiro atoms. The zero-order chi connectivity index (χ0) is 5.98. The Morgan fingerprint density at radius 3 is 2.88 bits per heavy atom. The highest BCUT2D eigenvalue weighted by molar-refractivity contribution is 5.53. The van der Waals surface area contributed by atoms with E-state index in [1.165, 1.54) is 6.20 Å². The number of nitroso groups, excluding NO2 is 1. The molecule has 0 bridgehead atoms. The van der Waals surface area contributed by atoms with Crippen molar-refractivity contribution in [2.24, 2.45) is 5.18 Å². The van der Waals surface area contributed by atoms with Crippen LogP contribution in [-0.4, -0.2) is 5.10 Å². The number of nitrogens with zero attached hydrogens (tertiary/aromatic N) is 1. The molecule has 4 N–H and O–H groups in total. The number of anilines is 1. The van der Waals surface area contributed by atoms with Gasteiger partial charge in [-0.25, -0.2) is 0 Å². The topological polar surface area (TPSA) is 85.4 Å². The van der Waals surface area contributed by atoms with E-state index in [0.717, 1.165) is 0 Å². The van der Waals surface area contributed by atoms with Crippen LogP contribution in [0.4, 0.5) is 11.5 Å². The minimum absolute atomic E-state index is 0.213. The quantitative estimate of drug-likeness (QED) is 0.494. The van der Waals surface area contributed by atoms with Crippen LogP contribution in [0, 0.1) is 4.91 Å². The lowest BCUT2D eigenvalue weighted by Gasteiger charge is -1.73. The van der Waals surface area contributed by atoms with Gasteiger partial charge in [-0.15, -0.1) is 15.1 Å². The first-order valence-electron chi connectivity index (χ1n) is 2.02. The number of hydrogen-bond acceptors (Lipinski definition) is 3. The predicted octanol–water partition coefficient (Wildman–Crippen LogP) is -0.191. The number of nitrogen functional groups attached to an aromatic ring is 1. The van der Waals surface area contributed by atoms with Crippen molar-refractivity contribution in [3.8, 4) is 0 Å². The molecule has 5 nitrogen and oxygen atoms in total. The van der Waals surface area contributed by atoms with Gasteiger partial charge in [0.2, 0.25) is 11.9 Å². The average Bonchev–Trinajstić information content (AvgIpc) is 2.14. The summed E-state index contributed by atoms with van der Waals surface area (Å²) in [5.41, 5.74) is 5.38. The van der Waals surface area contributed by atoms with Crippen molar-refractivity contribution in [1.82, 2.24) is 5.10 Å². The molecular weight excluding hydrogens is 108 g/mol. The van der Waals surface area contributed by atoms with E-state index in [4.69, 9.17) is 5.73 Å². The second-order valence-corrected chi connectivity index (χ2v) is 1.30. The molecule has 0 radical (unpaired) electrons. The minimum atomic E-state index is 0.213. The maximum Gasteiger partial charge on any atom is 0.224 e. The highest BCUT2D eigenvalue weighted by Gasteiger charge is 2.02. The van der Waals surface area contributed by atoms with Crippen LogP contribution in [0.15, 0.2) is 11.4 Å². The van der Waals surface area contributed by atoms with Crippen LogP contribution in [0.2, 0.25) is 0 Å². The summed E-state index contributed by atoms with van der Waals surface area (Å²) in [6.07, 6.45) is 1.39. The van der Waals surface area contributed by atoms with E-state index in [0.29, 0.717) is 0 Å². The molecule has 1 aromatic heterocycles. The smallest absolute Gasteiger partial charge is 0.224 e. The maximum atomic E-state index is 9.72. The SMILES string of the molecule is Nc1[nH][nH+]cc1N=O. The number of nitrogens with two attached hydrogens (primary N) is 1. The molecule has 0 aliphatic rings. The Balaban J connectivity index is 3.09. The molecule has 1 aromatic rings. The van der Waals surface area contributed by atoms with E-state index in [1.807, 2.05) is 0 Å². The fourth-order valence-electron chi connectivity index (χ4n) is 0.400. The van der Waals surface area contributed by atoms with Crippen LogP contribution in [0.1, 0.15) is 0 Å². The number of aromatic amines is 2. The molecule has 0 amide bonds. The van der Waals surface area contributed by atoms with Gasteiger partial charge in [0.25, 0.3) is 0 Å². The summed E-state index contributed by atoms with van der Waals surface area (Å²) < 4.78 is 0. The molecule has 0 aliphatic heterocycles. The van der Waals surface area contributed by atoms with Crippen molar-refractivity contribution in [1.29, 1.82) is 0 Å². The Morgan fingerprint density at radius 1 is 1.88 bits per heavy atom. The van der Waals surface area contributed by atoms with Gasteiger partial charge < -0.3 is 5.73 Å². The largest absolute Gasteiger partial charge is 0.379 e. The van der Waals surface area contributed by atoms with Crippen molar-refractivity contribution in [2.75, 3.05) is 5.73 Å². The third kappa shape index (κ3) is 0.534. The molecular formula is C3H5N4O+. The van der Waals surface area contributed by atoms with Crippen molar-refractivity contribution < 1.29 is 5.10 Å². The lowest BCUT2D eigenvalue weighted by atomic mass is 10.5. The van der Waals surface area contributed by atoms with Gasteiger partial charge in [0.05, 0.1) is 0 Å². The van der Waals surface area contributed by atoms with E-state index >= 15 is 0 Å². The Hall–Kier alpha value is -1.39. The van der Waals surface area contributed by atoms with Gasteiger partial charge in [0, 0.05) is 0 Å². The second-order valence-electron chi connectivity index (χ2n) is 1.30. The number of H-pyrrole nitrogens is 2. The number of aromatic nitrogens is 2. The van der Waals surface area contributed by atoms with Gasteiger partial charge in [-0.05, 0) is 5.18 Å². The number of hydrogen-bond donors (Lipinski definition) is 2. The molecule has 0 atom stereocenters. The molecule has 0 saturated heterocycles. The van der Waals surface area contributed by atoms with Crippen LogP contribution in [0.25, 0.3) is 0 Å². The summed E-state index contributed by atoms with van der Waals surface area (Å²) in [7, 11) is 0. The molecule has 0 aromatic carbocycles. The maximum absolute atomic E-state index is 9.72. The first kappa shape index (κ1) is 4.76. The Kier molecular flexibility index (Phi) is 0.957. The summed E-state index contributed by atoms with van der Waals surface area (Å²) in [5.74, 6) is 0.264. The summed E-state index contributed by atoms with van der Waals surface area (Å²) in [6, 6.07) is 0. The van der Waals surface area contributed by atoms with Gasteiger partial charge >= 0.3 is 0 Å². The molecule has 1 rings (SSSR count).